The van der Waals surface area contributed by atoms with Crippen LogP contribution in [-0.4, -0.2) is 22.5 Å². The summed E-state index contributed by atoms with van der Waals surface area (Å²) in [6.45, 7) is 6.96. The minimum atomic E-state index is 0.741. The fourth-order valence-electron chi connectivity index (χ4n) is 2.47. The summed E-state index contributed by atoms with van der Waals surface area (Å²) >= 11 is 1.81. The average molecular weight is 344 g/mol. The van der Waals surface area contributed by atoms with E-state index in [0.29, 0.717) is 0 Å². The first-order chi connectivity index (χ1) is 8.18. The Bertz CT molecular complexity index is 146. The van der Waals surface area contributed by atoms with Gasteiger partial charge in [0.05, 0.1) is 0 Å². The molecule has 0 aliphatic rings. The van der Waals surface area contributed by atoms with E-state index < -0.39 is 0 Å². The van der Waals surface area contributed by atoms with E-state index >= 15 is 0 Å². The van der Waals surface area contributed by atoms with Gasteiger partial charge in [-0.2, -0.15) is 0 Å². The van der Waals surface area contributed by atoms with Crippen molar-refractivity contribution in [1.82, 2.24) is 0 Å². The molecule has 0 saturated heterocycles. The van der Waals surface area contributed by atoms with E-state index in [1.54, 1.807) is 0 Å². The van der Waals surface area contributed by atoms with E-state index in [1.807, 2.05) is 22.5 Å². The van der Waals surface area contributed by atoms with Crippen LogP contribution in [0.2, 0.25) is 3.43 Å². The average Bonchev–Trinajstić information content (AvgIpc) is 2.34. The molecule has 98 valence electrons. The van der Waals surface area contributed by atoms with Gasteiger partial charge in [0.15, 0.2) is 0 Å². The Morgan fingerprint density at radius 2 is 1.00 bits per heavy atom. The molecule has 0 spiro atoms. The van der Waals surface area contributed by atoms with Crippen molar-refractivity contribution in [2.24, 2.45) is 0 Å². The first kappa shape index (κ1) is 17.8. The Balaban J connectivity index is 3.82. The van der Waals surface area contributed by atoms with Crippen molar-refractivity contribution in [3.8, 4) is 0 Å². The summed E-state index contributed by atoms with van der Waals surface area (Å²) in [5.41, 5.74) is 0. The Kier molecular flexibility index (Phi) is 12.4. The van der Waals surface area contributed by atoms with Crippen molar-refractivity contribution in [3.05, 3.63) is 0 Å². The van der Waals surface area contributed by atoms with Gasteiger partial charge in [-0.25, -0.2) is 0 Å². The van der Waals surface area contributed by atoms with Gasteiger partial charge in [-0.3, -0.25) is 0 Å². The summed E-state index contributed by atoms with van der Waals surface area (Å²) in [7, 11) is 0. The molecule has 0 unspecified atom stereocenters. The van der Waals surface area contributed by atoms with Crippen molar-refractivity contribution in [2.75, 3.05) is 0 Å². The minimum absolute atomic E-state index is 0.741. The van der Waals surface area contributed by atoms with Crippen molar-refractivity contribution in [3.63, 3.8) is 0 Å². The number of hydrogen-bond acceptors (Lipinski definition) is 0. The van der Waals surface area contributed by atoms with Gasteiger partial charge in [-0.05, 0) is 0 Å². The van der Waals surface area contributed by atoms with Crippen LogP contribution < -0.4 is 0 Å². The fourth-order valence-corrected chi connectivity index (χ4v) is 3.99. The maximum absolute atomic E-state index is 2.33. The van der Waals surface area contributed by atoms with E-state index in [1.165, 1.54) is 77.0 Å². The van der Waals surface area contributed by atoms with Gasteiger partial charge in [0, 0.05) is 0 Å². The van der Waals surface area contributed by atoms with Crippen LogP contribution in [-0.2, 0) is 0 Å². The first-order valence-electron chi connectivity index (χ1n) is 7.93. The Morgan fingerprint density at radius 3 is 1.47 bits per heavy atom. The molecule has 0 atom stereocenters. The van der Waals surface area contributed by atoms with Crippen LogP contribution in [0.5, 0.6) is 0 Å². The first-order valence-corrected chi connectivity index (χ1v) is 9.36. The SMILES string of the molecule is CCCCCCC[C]([Sn+3])(CCCC)CCCC. The molecule has 0 aliphatic carbocycles. The summed E-state index contributed by atoms with van der Waals surface area (Å²) in [5, 5.41) is 0. The summed E-state index contributed by atoms with van der Waals surface area (Å²) in [6, 6.07) is 0. The second-order valence-corrected chi connectivity index (χ2v) is 8.68. The molecule has 0 radical (unpaired) electrons. The van der Waals surface area contributed by atoms with Gasteiger partial charge in [0.2, 0.25) is 0 Å². The molecule has 1 heteroatoms. The third-order valence-corrected chi connectivity index (χ3v) is 5.92. The zero-order chi connectivity index (χ0) is 13.0. The predicted octanol–water partition coefficient (Wildman–Crippen LogP) is 6.05. The summed E-state index contributed by atoms with van der Waals surface area (Å²) in [5.74, 6) is 0. The van der Waals surface area contributed by atoms with E-state index in [0.717, 1.165) is 3.43 Å². The summed E-state index contributed by atoms with van der Waals surface area (Å²) in [6.07, 6.45) is 17.4. The molecule has 0 N–H and O–H groups in total. The van der Waals surface area contributed by atoms with Gasteiger partial charge in [-0.1, -0.05) is 0 Å². The van der Waals surface area contributed by atoms with Crippen LogP contribution in [0, 0.1) is 0 Å². The van der Waals surface area contributed by atoms with E-state index in [4.69, 9.17) is 0 Å². The van der Waals surface area contributed by atoms with Gasteiger partial charge in [-0.15, -0.1) is 0 Å². The van der Waals surface area contributed by atoms with E-state index in [2.05, 4.69) is 20.8 Å². The van der Waals surface area contributed by atoms with Crippen LogP contribution in [0.15, 0.2) is 0 Å². The monoisotopic (exact) mass is 345 g/mol. The van der Waals surface area contributed by atoms with E-state index in [-0.39, 0.29) is 0 Å². The maximum atomic E-state index is 2.33. The molecule has 17 heavy (non-hydrogen) atoms. The fraction of sp³-hybridized carbons (Fsp3) is 1.00. The molecule has 0 amide bonds. The van der Waals surface area contributed by atoms with Gasteiger partial charge in [0.1, 0.15) is 0 Å². The predicted molar refractivity (Wildman–Crippen MR) is 80.9 cm³/mol. The van der Waals surface area contributed by atoms with Gasteiger partial charge in [0.25, 0.3) is 0 Å². The van der Waals surface area contributed by atoms with Gasteiger partial charge >= 0.3 is 124 Å². The Hall–Kier alpha value is 0.799. The number of hydrogen-bond donors (Lipinski definition) is 0. The second-order valence-electron chi connectivity index (χ2n) is 5.65. The van der Waals surface area contributed by atoms with Crippen LogP contribution in [0.3, 0.4) is 0 Å². The van der Waals surface area contributed by atoms with Crippen LogP contribution in [0.4, 0.5) is 0 Å². The summed E-state index contributed by atoms with van der Waals surface area (Å²) in [4.78, 5) is 0. The molecular weight excluding hydrogens is 311 g/mol. The van der Waals surface area contributed by atoms with Crippen molar-refractivity contribution in [1.29, 1.82) is 0 Å². The van der Waals surface area contributed by atoms with Crippen molar-refractivity contribution in [2.45, 2.75) is 101 Å². The zero-order valence-electron chi connectivity index (χ0n) is 12.5. The molecule has 0 nitrogen and oxygen atoms in total. The third kappa shape index (κ3) is 10.4. The number of unbranched alkanes of at least 4 members (excludes halogenated alkanes) is 6. The van der Waals surface area contributed by atoms with Crippen LogP contribution >= 0.6 is 0 Å². The third-order valence-electron chi connectivity index (χ3n) is 3.78. The quantitative estimate of drug-likeness (QED) is 0.298. The molecule has 0 rings (SSSR count). The zero-order valence-corrected chi connectivity index (χ0v) is 15.3. The molecule has 0 bridgehead atoms. The van der Waals surface area contributed by atoms with Crippen molar-refractivity contribution >= 4 is 22.5 Å². The van der Waals surface area contributed by atoms with Crippen LogP contribution in [0.1, 0.15) is 97.8 Å². The Labute approximate surface area is 123 Å². The number of rotatable bonds is 12. The molecule has 0 aromatic rings. The standard InChI is InChI=1S/C16H33.Sn/c1-4-7-10-11-12-15-16(13-8-5-2)14-9-6-3;/h4-15H2,1-3H3;/q;+3. The molecule has 0 saturated carbocycles. The summed E-state index contributed by atoms with van der Waals surface area (Å²) < 4.78 is 0.741. The van der Waals surface area contributed by atoms with Crippen LogP contribution in [0.25, 0.3) is 0 Å². The molecule has 0 aliphatic heterocycles. The molecule has 0 aromatic heterocycles. The van der Waals surface area contributed by atoms with E-state index in [9.17, 15) is 0 Å². The molecular formula is C16H33Sn+3. The Morgan fingerprint density at radius 1 is 0.588 bits per heavy atom. The van der Waals surface area contributed by atoms with Crippen molar-refractivity contribution < 1.29 is 0 Å². The van der Waals surface area contributed by atoms with Gasteiger partial charge < -0.3 is 0 Å². The topological polar surface area (TPSA) is 0 Å². The molecule has 0 heterocycles. The molecule has 0 aromatic carbocycles. The normalized spacial score (nSPS) is 12.1. The second kappa shape index (κ2) is 11.9. The molecule has 0 fully saturated rings.